The van der Waals surface area contributed by atoms with Crippen LogP contribution in [-0.4, -0.2) is 46.2 Å². The molecule has 1 heterocycles. The van der Waals surface area contributed by atoms with Crippen LogP contribution in [0.2, 0.25) is 0 Å². The fraction of sp³-hybridized carbons (Fsp3) is 0.524. The number of hydroxylamine groups is 1. The Bertz CT molecular complexity index is 1030. The molecule has 4 N–H and O–H groups in total. The van der Waals surface area contributed by atoms with Gasteiger partial charge in [-0.15, -0.1) is 5.10 Å². The lowest BCUT2D eigenvalue weighted by atomic mass is 9.95. The maximum atomic E-state index is 12.5. The molecule has 182 valence electrons. The van der Waals surface area contributed by atoms with Crippen molar-refractivity contribution in [1.82, 2.24) is 25.2 Å². The van der Waals surface area contributed by atoms with Gasteiger partial charge in [0.15, 0.2) is 0 Å². The zero-order chi connectivity index (χ0) is 24.6. The van der Waals surface area contributed by atoms with E-state index in [1.165, 1.54) is 0 Å². The molecule has 2 amide bonds. The van der Waals surface area contributed by atoms with E-state index in [0.717, 1.165) is 5.56 Å². The van der Waals surface area contributed by atoms with Gasteiger partial charge < -0.3 is 5.32 Å². The van der Waals surface area contributed by atoms with Gasteiger partial charge in [-0.05, 0) is 36.0 Å². The largest absolute Gasteiger partial charge is 0.325 e. The van der Waals surface area contributed by atoms with Crippen molar-refractivity contribution >= 4 is 27.5 Å². The van der Waals surface area contributed by atoms with Gasteiger partial charge in [0, 0.05) is 5.69 Å². The molecule has 1 aromatic heterocycles. The number of aromatic nitrogens is 3. The lowest BCUT2D eigenvalue weighted by Gasteiger charge is -2.17. The Labute approximate surface area is 194 Å². The fourth-order valence-corrected chi connectivity index (χ4v) is 4.53. The van der Waals surface area contributed by atoms with Gasteiger partial charge in [0.2, 0.25) is 15.9 Å². The van der Waals surface area contributed by atoms with E-state index < -0.39 is 27.8 Å². The molecule has 12 heteroatoms. The van der Waals surface area contributed by atoms with Gasteiger partial charge in [-0.25, -0.2) is 23.3 Å². The molecule has 0 saturated carbocycles. The normalized spacial score (nSPS) is 12.7. The van der Waals surface area contributed by atoms with E-state index in [1.807, 2.05) is 27.7 Å². The van der Waals surface area contributed by atoms with E-state index in [4.69, 9.17) is 5.21 Å². The molecule has 0 saturated heterocycles. The first-order valence-corrected chi connectivity index (χ1v) is 12.3. The maximum Gasteiger partial charge on any atom is 0.255 e. The third kappa shape index (κ3) is 8.91. The summed E-state index contributed by atoms with van der Waals surface area (Å²) < 4.78 is 28.0. The summed E-state index contributed by atoms with van der Waals surface area (Å²) in [5, 5.41) is 19.6. The Kier molecular flexibility index (Phi) is 9.50. The number of anilines is 1. The summed E-state index contributed by atoms with van der Waals surface area (Å²) in [6.45, 7) is 7.91. The topological polar surface area (TPSA) is 155 Å². The smallest absolute Gasteiger partial charge is 0.255 e. The van der Waals surface area contributed by atoms with Crippen LogP contribution in [0.5, 0.6) is 0 Å². The van der Waals surface area contributed by atoms with Gasteiger partial charge in [-0.2, -0.15) is 0 Å². The first-order valence-electron chi connectivity index (χ1n) is 10.7. The number of rotatable bonds is 12. The molecule has 33 heavy (non-hydrogen) atoms. The Balaban J connectivity index is 1.94. The summed E-state index contributed by atoms with van der Waals surface area (Å²) in [6.07, 6.45) is 1.97. The van der Waals surface area contributed by atoms with Crippen LogP contribution in [0.15, 0.2) is 30.5 Å². The molecule has 0 aliphatic heterocycles. The van der Waals surface area contributed by atoms with E-state index in [1.54, 1.807) is 40.6 Å². The van der Waals surface area contributed by atoms with Gasteiger partial charge in [0.05, 0.1) is 30.7 Å². The van der Waals surface area contributed by atoms with Crippen LogP contribution in [0.25, 0.3) is 0 Å². The lowest BCUT2D eigenvalue weighted by Crippen LogP contribution is -2.37. The summed E-state index contributed by atoms with van der Waals surface area (Å²) in [6, 6.07) is 7.00. The summed E-state index contributed by atoms with van der Waals surface area (Å²) in [4.78, 5) is 24.3. The van der Waals surface area contributed by atoms with Crippen molar-refractivity contribution in [2.24, 2.45) is 17.8 Å². The number of amides is 2. The zero-order valence-electron chi connectivity index (χ0n) is 19.3. The minimum Gasteiger partial charge on any atom is -0.325 e. The number of nitrogens with one attached hydrogen (secondary N) is 3. The molecule has 0 radical (unpaired) electrons. The van der Waals surface area contributed by atoms with Crippen LogP contribution in [0, 0.1) is 17.8 Å². The van der Waals surface area contributed by atoms with Crippen molar-refractivity contribution in [3.8, 4) is 0 Å². The van der Waals surface area contributed by atoms with Crippen LogP contribution in [0.4, 0.5) is 5.69 Å². The number of benzene rings is 1. The number of hydrogen-bond donors (Lipinski definition) is 4. The molecule has 0 aliphatic carbocycles. The highest BCUT2D eigenvalue weighted by molar-refractivity contribution is 7.89. The Hall–Kier alpha value is -2.83. The van der Waals surface area contributed by atoms with Gasteiger partial charge in [0.25, 0.3) is 5.91 Å². The summed E-state index contributed by atoms with van der Waals surface area (Å²) >= 11 is 0. The number of hydrogen-bond acceptors (Lipinski definition) is 7. The lowest BCUT2D eigenvalue weighted by molar-refractivity contribution is -0.139. The van der Waals surface area contributed by atoms with Crippen LogP contribution in [0.3, 0.4) is 0 Å². The quantitative estimate of drug-likeness (QED) is 0.204. The predicted molar refractivity (Wildman–Crippen MR) is 123 cm³/mol. The predicted octanol–water partition coefficient (Wildman–Crippen LogP) is 1.51. The van der Waals surface area contributed by atoms with Gasteiger partial charge in [0.1, 0.15) is 5.92 Å². The molecular formula is C21H32N6O5S. The van der Waals surface area contributed by atoms with E-state index in [0.29, 0.717) is 24.3 Å². The average molecular weight is 481 g/mol. The van der Waals surface area contributed by atoms with E-state index in [-0.39, 0.29) is 24.1 Å². The van der Waals surface area contributed by atoms with Crippen LogP contribution in [0.1, 0.15) is 45.4 Å². The van der Waals surface area contributed by atoms with Crippen LogP contribution < -0.4 is 15.5 Å². The standard InChI is InChI=1S/C21H32N6O5S/c1-14(2)9-19(21(29)25-30)20(28)23-17-7-5-16(6-8-17)11-27-12-18(24-26-27)10-22-33(31,32)13-15(3)4/h5-8,12,14-15,19,22,30H,9-11,13H2,1-4H3,(H,23,28)(H,25,29). The summed E-state index contributed by atoms with van der Waals surface area (Å²) in [5.41, 5.74) is 3.45. The summed E-state index contributed by atoms with van der Waals surface area (Å²) in [5.74, 6) is -2.07. The SMILES string of the molecule is CC(C)CC(C(=O)NO)C(=O)Nc1ccc(Cn2cc(CNS(=O)(=O)CC(C)C)nn2)cc1. The molecule has 1 unspecified atom stereocenters. The summed E-state index contributed by atoms with van der Waals surface area (Å²) in [7, 11) is -3.36. The molecular weight excluding hydrogens is 448 g/mol. The highest BCUT2D eigenvalue weighted by atomic mass is 32.2. The van der Waals surface area contributed by atoms with Crippen molar-refractivity contribution in [3.05, 3.63) is 41.7 Å². The third-order valence-electron chi connectivity index (χ3n) is 4.63. The Morgan fingerprint density at radius 2 is 1.73 bits per heavy atom. The molecule has 0 bridgehead atoms. The fourth-order valence-electron chi connectivity index (χ4n) is 3.17. The van der Waals surface area contributed by atoms with Gasteiger partial charge in [-0.3, -0.25) is 14.8 Å². The molecule has 0 fully saturated rings. The second kappa shape index (κ2) is 11.9. The first kappa shape index (κ1) is 26.4. The van der Waals surface area contributed by atoms with Crippen LogP contribution >= 0.6 is 0 Å². The third-order valence-corrected chi connectivity index (χ3v) is 6.32. The van der Waals surface area contributed by atoms with Crippen molar-refractivity contribution in [2.45, 2.75) is 47.2 Å². The minimum absolute atomic E-state index is 0.0267. The molecule has 2 rings (SSSR count). The Morgan fingerprint density at radius 1 is 1.06 bits per heavy atom. The molecule has 2 aromatic rings. The number of nitrogens with zero attached hydrogens (tertiary/aromatic N) is 3. The van der Waals surface area contributed by atoms with E-state index in [2.05, 4.69) is 20.4 Å². The molecule has 1 atom stereocenters. The second-order valence-corrected chi connectivity index (χ2v) is 10.6. The second-order valence-electron chi connectivity index (χ2n) is 8.75. The van der Waals surface area contributed by atoms with Crippen molar-refractivity contribution in [1.29, 1.82) is 0 Å². The van der Waals surface area contributed by atoms with E-state index in [9.17, 15) is 18.0 Å². The minimum atomic E-state index is -3.36. The molecule has 0 aliphatic rings. The maximum absolute atomic E-state index is 12.5. The van der Waals surface area contributed by atoms with Crippen molar-refractivity contribution in [2.75, 3.05) is 11.1 Å². The highest BCUT2D eigenvalue weighted by Crippen LogP contribution is 2.17. The van der Waals surface area contributed by atoms with Gasteiger partial charge >= 0.3 is 0 Å². The monoisotopic (exact) mass is 480 g/mol. The van der Waals surface area contributed by atoms with Crippen molar-refractivity contribution < 1.29 is 23.2 Å². The number of sulfonamides is 1. The highest BCUT2D eigenvalue weighted by Gasteiger charge is 2.27. The van der Waals surface area contributed by atoms with E-state index >= 15 is 0 Å². The van der Waals surface area contributed by atoms with Gasteiger partial charge in [-0.1, -0.05) is 45.0 Å². The average Bonchev–Trinajstić information content (AvgIpc) is 3.18. The number of carbonyl (C=O) groups excluding carboxylic acids is 2. The number of carbonyl (C=O) groups is 2. The zero-order valence-corrected chi connectivity index (χ0v) is 20.1. The molecule has 0 spiro atoms. The Morgan fingerprint density at radius 3 is 2.30 bits per heavy atom. The van der Waals surface area contributed by atoms with Crippen LogP contribution in [-0.2, 0) is 32.7 Å². The molecule has 11 nitrogen and oxygen atoms in total. The molecule has 1 aromatic carbocycles. The van der Waals surface area contributed by atoms with Crippen molar-refractivity contribution in [3.63, 3.8) is 0 Å². The first-order chi connectivity index (χ1) is 15.5.